The summed E-state index contributed by atoms with van der Waals surface area (Å²) in [4.78, 5) is 11.3. The van der Waals surface area contributed by atoms with Crippen LogP contribution in [0.5, 0.6) is 5.75 Å². The highest BCUT2D eigenvalue weighted by atomic mass is 19.1. The summed E-state index contributed by atoms with van der Waals surface area (Å²) in [5, 5.41) is 0.324. The molecule has 0 aliphatic heterocycles. The maximum Gasteiger partial charge on any atom is 0.418 e. The van der Waals surface area contributed by atoms with E-state index < -0.39 is 11.9 Å². The summed E-state index contributed by atoms with van der Waals surface area (Å²) in [5.41, 5.74) is 0.449. The molecular formula is C11H10FNO3. The van der Waals surface area contributed by atoms with E-state index in [0.29, 0.717) is 10.9 Å². The lowest BCUT2D eigenvalue weighted by Crippen LogP contribution is -2.09. The number of fused-ring (bicyclic) bond motifs is 1. The first-order chi connectivity index (χ1) is 7.69. The lowest BCUT2D eigenvalue weighted by atomic mass is 10.2. The van der Waals surface area contributed by atoms with Crippen molar-refractivity contribution >= 4 is 17.0 Å². The molecule has 0 N–H and O–H groups in total. The van der Waals surface area contributed by atoms with Gasteiger partial charge in [-0.3, -0.25) is 4.57 Å². The zero-order chi connectivity index (χ0) is 11.7. The highest BCUT2D eigenvalue weighted by Crippen LogP contribution is 2.26. The van der Waals surface area contributed by atoms with Gasteiger partial charge in [-0.1, -0.05) is 0 Å². The molecule has 0 atom stereocenters. The van der Waals surface area contributed by atoms with Crippen LogP contribution in [0.15, 0.2) is 24.4 Å². The molecule has 1 aromatic carbocycles. The van der Waals surface area contributed by atoms with Crippen LogP contribution in [0.3, 0.4) is 0 Å². The van der Waals surface area contributed by atoms with E-state index in [0.717, 1.165) is 0 Å². The van der Waals surface area contributed by atoms with Crippen molar-refractivity contribution in [3.63, 3.8) is 0 Å². The maximum atomic E-state index is 13.8. The van der Waals surface area contributed by atoms with Gasteiger partial charge in [-0.15, -0.1) is 0 Å². The van der Waals surface area contributed by atoms with E-state index in [2.05, 4.69) is 4.74 Å². The number of nitrogens with zero attached hydrogens (tertiary/aromatic N) is 1. The molecular weight excluding hydrogens is 213 g/mol. The second kappa shape index (κ2) is 3.84. The van der Waals surface area contributed by atoms with Crippen molar-refractivity contribution < 1.29 is 18.7 Å². The van der Waals surface area contributed by atoms with Crippen molar-refractivity contribution in [2.75, 3.05) is 14.2 Å². The van der Waals surface area contributed by atoms with Crippen molar-refractivity contribution in [2.24, 2.45) is 0 Å². The van der Waals surface area contributed by atoms with Crippen LogP contribution in [-0.2, 0) is 4.74 Å². The van der Waals surface area contributed by atoms with Crippen LogP contribution in [-0.4, -0.2) is 24.9 Å². The summed E-state index contributed by atoms with van der Waals surface area (Å²) >= 11 is 0. The van der Waals surface area contributed by atoms with Gasteiger partial charge in [0.1, 0.15) is 0 Å². The van der Waals surface area contributed by atoms with Gasteiger partial charge >= 0.3 is 6.09 Å². The van der Waals surface area contributed by atoms with Gasteiger partial charge in [0.15, 0.2) is 11.6 Å². The second-order valence-electron chi connectivity index (χ2n) is 3.17. The molecule has 16 heavy (non-hydrogen) atoms. The largest absolute Gasteiger partial charge is 0.494 e. The van der Waals surface area contributed by atoms with Crippen LogP contribution in [0.2, 0.25) is 0 Å². The minimum absolute atomic E-state index is 0.148. The fraction of sp³-hybridized carbons (Fsp3) is 0.182. The number of aromatic nitrogens is 1. The Morgan fingerprint density at radius 1 is 1.31 bits per heavy atom. The van der Waals surface area contributed by atoms with E-state index in [1.54, 1.807) is 6.07 Å². The monoisotopic (exact) mass is 223 g/mol. The van der Waals surface area contributed by atoms with Crippen molar-refractivity contribution in [3.05, 3.63) is 30.2 Å². The Labute approximate surface area is 91.2 Å². The molecule has 0 saturated heterocycles. The number of carbonyl (C=O) groups excluding carboxylic acids is 1. The number of benzene rings is 1. The first-order valence-electron chi connectivity index (χ1n) is 4.61. The zero-order valence-electron chi connectivity index (χ0n) is 8.86. The predicted octanol–water partition coefficient (Wildman–Crippen LogP) is 2.40. The van der Waals surface area contributed by atoms with Crippen molar-refractivity contribution in [2.45, 2.75) is 0 Å². The van der Waals surface area contributed by atoms with Gasteiger partial charge in [-0.2, -0.15) is 0 Å². The third-order valence-electron chi connectivity index (χ3n) is 2.36. The van der Waals surface area contributed by atoms with Crippen LogP contribution in [0.4, 0.5) is 9.18 Å². The first kappa shape index (κ1) is 10.5. The van der Waals surface area contributed by atoms with E-state index in [1.807, 2.05) is 0 Å². The molecule has 0 fully saturated rings. The molecule has 1 aromatic heterocycles. The first-order valence-corrected chi connectivity index (χ1v) is 4.61. The van der Waals surface area contributed by atoms with Gasteiger partial charge in [0, 0.05) is 11.6 Å². The third-order valence-corrected chi connectivity index (χ3v) is 2.36. The lowest BCUT2D eigenvalue weighted by Gasteiger charge is -2.04. The van der Waals surface area contributed by atoms with Gasteiger partial charge in [-0.25, -0.2) is 9.18 Å². The minimum atomic E-state index is -0.556. The molecule has 1 heterocycles. The van der Waals surface area contributed by atoms with Crippen LogP contribution in [0.25, 0.3) is 10.9 Å². The normalized spacial score (nSPS) is 10.4. The van der Waals surface area contributed by atoms with Crippen molar-refractivity contribution in [1.82, 2.24) is 4.57 Å². The number of hydrogen-bond acceptors (Lipinski definition) is 3. The number of halogens is 1. The number of carbonyl (C=O) groups is 1. The van der Waals surface area contributed by atoms with E-state index in [-0.39, 0.29) is 5.75 Å². The third kappa shape index (κ3) is 1.41. The summed E-state index contributed by atoms with van der Waals surface area (Å²) in [5.74, 6) is -0.335. The molecule has 2 aromatic rings. The molecule has 0 aliphatic carbocycles. The topological polar surface area (TPSA) is 40.5 Å². The molecule has 5 heteroatoms. The van der Waals surface area contributed by atoms with Crippen LogP contribution < -0.4 is 4.74 Å². The fourth-order valence-corrected chi connectivity index (χ4v) is 1.58. The highest BCUT2D eigenvalue weighted by Gasteiger charge is 2.14. The molecule has 0 aliphatic rings. The number of methoxy groups -OCH3 is 2. The molecule has 0 radical (unpaired) electrons. The molecule has 0 unspecified atom stereocenters. The van der Waals surface area contributed by atoms with Gasteiger partial charge < -0.3 is 9.47 Å². The summed E-state index contributed by atoms with van der Waals surface area (Å²) in [6.07, 6.45) is 0.901. The molecule has 4 nitrogen and oxygen atoms in total. The Kier molecular flexibility index (Phi) is 2.52. The number of rotatable bonds is 1. The molecule has 0 amide bonds. The van der Waals surface area contributed by atoms with Crippen LogP contribution in [0.1, 0.15) is 0 Å². The summed E-state index contributed by atoms with van der Waals surface area (Å²) in [7, 11) is 2.66. The Morgan fingerprint density at radius 3 is 2.69 bits per heavy atom. The standard InChI is InChI=1S/C11H10FNO3/c1-15-9-4-3-8-7(10(9)12)5-6-13(8)11(14)16-2/h3-6H,1-2H3. The van der Waals surface area contributed by atoms with Gasteiger partial charge in [-0.05, 0) is 18.2 Å². The Hall–Kier alpha value is -2.04. The average molecular weight is 223 g/mol. The molecule has 0 saturated carbocycles. The summed E-state index contributed by atoms with van der Waals surface area (Å²) < 4.78 is 24.4. The number of hydrogen-bond donors (Lipinski definition) is 0. The summed E-state index contributed by atoms with van der Waals surface area (Å²) in [6.45, 7) is 0. The van der Waals surface area contributed by atoms with E-state index in [4.69, 9.17) is 4.74 Å². The Balaban J connectivity index is 2.67. The van der Waals surface area contributed by atoms with Crippen LogP contribution in [0, 0.1) is 5.82 Å². The highest BCUT2D eigenvalue weighted by molar-refractivity contribution is 5.90. The van der Waals surface area contributed by atoms with Crippen LogP contribution >= 0.6 is 0 Å². The molecule has 84 valence electrons. The minimum Gasteiger partial charge on any atom is -0.494 e. The average Bonchev–Trinajstić information content (AvgIpc) is 2.73. The summed E-state index contributed by atoms with van der Waals surface area (Å²) in [6, 6.07) is 4.58. The van der Waals surface area contributed by atoms with Crippen molar-refractivity contribution in [1.29, 1.82) is 0 Å². The maximum absolute atomic E-state index is 13.8. The van der Waals surface area contributed by atoms with Gasteiger partial charge in [0.2, 0.25) is 0 Å². The quantitative estimate of drug-likeness (QED) is 0.745. The number of ether oxygens (including phenoxy) is 2. The van der Waals surface area contributed by atoms with Crippen molar-refractivity contribution in [3.8, 4) is 5.75 Å². The van der Waals surface area contributed by atoms with E-state index in [1.165, 1.54) is 37.1 Å². The second-order valence-corrected chi connectivity index (χ2v) is 3.17. The predicted molar refractivity (Wildman–Crippen MR) is 56.3 cm³/mol. The van der Waals surface area contributed by atoms with E-state index >= 15 is 0 Å². The SMILES string of the molecule is COC(=O)n1ccc2c(F)c(OC)ccc21. The zero-order valence-corrected chi connectivity index (χ0v) is 8.86. The Bertz CT molecular complexity index is 547. The molecule has 0 bridgehead atoms. The Morgan fingerprint density at radius 2 is 2.06 bits per heavy atom. The molecule has 0 spiro atoms. The van der Waals surface area contributed by atoms with Gasteiger partial charge in [0.05, 0.1) is 19.7 Å². The lowest BCUT2D eigenvalue weighted by molar-refractivity contribution is 0.174. The van der Waals surface area contributed by atoms with Gasteiger partial charge in [0.25, 0.3) is 0 Å². The molecule has 2 rings (SSSR count). The smallest absolute Gasteiger partial charge is 0.418 e. The van der Waals surface area contributed by atoms with E-state index in [9.17, 15) is 9.18 Å². The fourth-order valence-electron chi connectivity index (χ4n) is 1.58.